The third-order valence-corrected chi connectivity index (χ3v) is 5.34. The molecule has 2 saturated carbocycles. The number of aryl methyl sites for hydroxylation is 1. The Morgan fingerprint density at radius 2 is 2.11 bits per heavy atom. The van der Waals surface area contributed by atoms with Crippen LogP contribution in [0.25, 0.3) is 0 Å². The molecule has 4 atom stereocenters. The van der Waals surface area contributed by atoms with Gasteiger partial charge in [-0.1, -0.05) is 24.1 Å². The van der Waals surface area contributed by atoms with Crippen LogP contribution in [0.5, 0.6) is 0 Å². The number of nitrogens with one attached hydrogen (secondary N) is 1. The zero-order valence-corrected chi connectivity index (χ0v) is 12.0. The van der Waals surface area contributed by atoms with Crippen LogP contribution >= 0.6 is 11.6 Å². The molecule has 0 saturated heterocycles. The SMILES string of the molecule is CNC(c1cc(Cl)ccc1C)C1CC2CCC1C2. The zero-order valence-electron chi connectivity index (χ0n) is 11.2. The molecule has 2 fully saturated rings. The highest BCUT2D eigenvalue weighted by molar-refractivity contribution is 6.30. The molecule has 0 aromatic heterocycles. The fraction of sp³-hybridized carbons (Fsp3) is 0.625. The van der Waals surface area contributed by atoms with Crippen LogP contribution in [-0.4, -0.2) is 7.05 Å². The highest BCUT2D eigenvalue weighted by Crippen LogP contribution is 2.52. The van der Waals surface area contributed by atoms with Gasteiger partial charge in [-0.2, -0.15) is 0 Å². The van der Waals surface area contributed by atoms with Crippen LogP contribution in [0.3, 0.4) is 0 Å². The first-order valence-electron chi connectivity index (χ1n) is 7.12. The Morgan fingerprint density at radius 3 is 2.72 bits per heavy atom. The van der Waals surface area contributed by atoms with Gasteiger partial charge < -0.3 is 5.32 Å². The molecule has 2 bridgehead atoms. The summed E-state index contributed by atoms with van der Waals surface area (Å²) < 4.78 is 0. The first kappa shape index (κ1) is 12.5. The summed E-state index contributed by atoms with van der Waals surface area (Å²) in [5, 5.41) is 4.41. The van der Waals surface area contributed by atoms with E-state index in [1.807, 2.05) is 6.07 Å². The third-order valence-electron chi connectivity index (χ3n) is 5.11. The monoisotopic (exact) mass is 263 g/mol. The molecule has 0 heterocycles. The van der Waals surface area contributed by atoms with Gasteiger partial charge in [-0.3, -0.25) is 0 Å². The summed E-state index contributed by atoms with van der Waals surface area (Å²) in [5.74, 6) is 2.74. The molecular formula is C16H22ClN. The predicted octanol–water partition coefficient (Wildman–Crippen LogP) is 4.35. The summed E-state index contributed by atoms with van der Waals surface area (Å²) in [6.07, 6.45) is 5.77. The Morgan fingerprint density at radius 1 is 1.28 bits per heavy atom. The quantitative estimate of drug-likeness (QED) is 0.855. The molecule has 18 heavy (non-hydrogen) atoms. The van der Waals surface area contributed by atoms with Crippen LogP contribution in [0, 0.1) is 24.7 Å². The lowest BCUT2D eigenvalue weighted by atomic mass is 9.79. The molecule has 2 aliphatic carbocycles. The van der Waals surface area contributed by atoms with E-state index in [-0.39, 0.29) is 0 Å². The molecule has 98 valence electrons. The number of halogens is 1. The second-order valence-electron chi connectivity index (χ2n) is 6.11. The fourth-order valence-corrected chi connectivity index (χ4v) is 4.43. The predicted molar refractivity (Wildman–Crippen MR) is 76.9 cm³/mol. The molecule has 2 aliphatic rings. The minimum absolute atomic E-state index is 0.485. The smallest absolute Gasteiger partial charge is 0.0409 e. The Labute approximate surface area is 115 Å². The Bertz CT molecular complexity index is 443. The number of benzene rings is 1. The molecule has 1 nitrogen and oxygen atoms in total. The molecule has 0 amide bonds. The van der Waals surface area contributed by atoms with E-state index in [1.54, 1.807) is 0 Å². The number of hydrogen-bond acceptors (Lipinski definition) is 1. The van der Waals surface area contributed by atoms with Gasteiger partial charge in [0.05, 0.1) is 0 Å². The average Bonchev–Trinajstić information content (AvgIpc) is 2.97. The average molecular weight is 264 g/mol. The van der Waals surface area contributed by atoms with Crippen LogP contribution in [0.15, 0.2) is 18.2 Å². The first-order valence-corrected chi connectivity index (χ1v) is 7.50. The lowest BCUT2D eigenvalue weighted by Gasteiger charge is -2.31. The van der Waals surface area contributed by atoms with E-state index < -0.39 is 0 Å². The van der Waals surface area contributed by atoms with Crippen LogP contribution < -0.4 is 5.32 Å². The second-order valence-corrected chi connectivity index (χ2v) is 6.54. The van der Waals surface area contributed by atoms with Gasteiger partial charge in [0.15, 0.2) is 0 Å². The van der Waals surface area contributed by atoms with Gasteiger partial charge in [0.1, 0.15) is 0 Å². The maximum Gasteiger partial charge on any atom is 0.0409 e. The maximum atomic E-state index is 6.18. The summed E-state index contributed by atoms with van der Waals surface area (Å²) in [4.78, 5) is 0. The molecule has 1 N–H and O–H groups in total. The summed E-state index contributed by atoms with van der Waals surface area (Å²) in [7, 11) is 2.09. The summed E-state index contributed by atoms with van der Waals surface area (Å²) in [6.45, 7) is 2.20. The van der Waals surface area contributed by atoms with Crippen molar-refractivity contribution >= 4 is 11.6 Å². The maximum absolute atomic E-state index is 6.18. The summed E-state index contributed by atoms with van der Waals surface area (Å²) >= 11 is 6.18. The van der Waals surface area contributed by atoms with Crippen LogP contribution in [0.1, 0.15) is 42.9 Å². The molecule has 1 aromatic carbocycles. The van der Waals surface area contributed by atoms with Crippen molar-refractivity contribution in [2.45, 2.75) is 38.6 Å². The first-order chi connectivity index (χ1) is 8.69. The normalized spacial score (nSPS) is 31.8. The Balaban J connectivity index is 1.90. The number of fused-ring (bicyclic) bond motifs is 2. The largest absolute Gasteiger partial charge is 0.313 e. The highest BCUT2D eigenvalue weighted by Gasteiger charge is 2.43. The van der Waals surface area contributed by atoms with Crippen LogP contribution in [0.4, 0.5) is 0 Å². The standard InChI is InChI=1S/C16H22ClN/c1-10-3-6-13(17)9-14(10)16(18-2)15-8-11-4-5-12(15)7-11/h3,6,9,11-12,15-16,18H,4-5,7-8H2,1-2H3. The second kappa shape index (κ2) is 4.86. The van der Waals surface area contributed by atoms with Crippen molar-refractivity contribution in [3.63, 3.8) is 0 Å². The zero-order chi connectivity index (χ0) is 12.7. The van der Waals surface area contributed by atoms with Gasteiger partial charge in [0, 0.05) is 11.1 Å². The number of rotatable bonds is 3. The van der Waals surface area contributed by atoms with E-state index in [0.717, 1.165) is 22.8 Å². The highest BCUT2D eigenvalue weighted by atomic mass is 35.5. The van der Waals surface area contributed by atoms with E-state index in [0.29, 0.717) is 6.04 Å². The molecule has 3 rings (SSSR count). The molecule has 0 aliphatic heterocycles. The molecule has 1 aromatic rings. The molecule has 0 radical (unpaired) electrons. The Kier molecular flexibility index (Phi) is 3.38. The van der Waals surface area contributed by atoms with E-state index in [2.05, 4.69) is 31.4 Å². The van der Waals surface area contributed by atoms with Gasteiger partial charge in [0.2, 0.25) is 0 Å². The minimum atomic E-state index is 0.485. The summed E-state index contributed by atoms with van der Waals surface area (Å²) in [6, 6.07) is 6.78. The van der Waals surface area contributed by atoms with Gasteiger partial charge in [-0.25, -0.2) is 0 Å². The minimum Gasteiger partial charge on any atom is -0.313 e. The number of hydrogen-bond donors (Lipinski definition) is 1. The third kappa shape index (κ3) is 2.08. The van der Waals surface area contributed by atoms with E-state index in [9.17, 15) is 0 Å². The molecule has 0 spiro atoms. The van der Waals surface area contributed by atoms with Gasteiger partial charge >= 0.3 is 0 Å². The van der Waals surface area contributed by atoms with Crippen molar-refractivity contribution in [2.75, 3.05) is 7.05 Å². The van der Waals surface area contributed by atoms with Crippen molar-refractivity contribution < 1.29 is 0 Å². The van der Waals surface area contributed by atoms with Crippen molar-refractivity contribution in [1.82, 2.24) is 5.32 Å². The molecule has 2 heteroatoms. The molecule has 4 unspecified atom stereocenters. The van der Waals surface area contributed by atoms with Gasteiger partial charge in [-0.15, -0.1) is 0 Å². The van der Waals surface area contributed by atoms with E-state index in [4.69, 9.17) is 11.6 Å². The van der Waals surface area contributed by atoms with Crippen LogP contribution in [0.2, 0.25) is 5.02 Å². The summed E-state index contributed by atoms with van der Waals surface area (Å²) in [5.41, 5.74) is 2.77. The topological polar surface area (TPSA) is 12.0 Å². The lowest BCUT2D eigenvalue weighted by Crippen LogP contribution is -2.29. The Hall–Kier alpha value is -0.530. The van der Waals surface area contributed by atoms with Crippen molar-refractivity contribution in [3.8, 4) is 0 Å². The van der Waals surface area contributed by atoms with Crippen molar-refractivity contribution in [2.24, 2.45) is 17.8 Å². The lowest BCUT2D eigenvalue weighted by molar-refractivity contribution is 0.259. The van der Waals surface area contributed by atoms with Crippen molar-refractivity contribution in [1.29, 1.82) is 0 Å². The van der Waals surface area contributed by atoms with Gasteiger partial charge in [-0.05, 0) is 74.2 Å². The van der Waals surface area contributed by atoms with Crippen molar-refractivity contribution in [3.05, 3.63) is 34.3 Å². The van der Waals surface area contributed by atoms with Gasteiger partial charge in [0.25, 0.3) is 0 Å². The fourth-order valence-electron chi connectivity index (χ4n) is 4.25. The molecular weight excluding hydrogens is 242 g/mol. The van der Waals surface area contributed by atoms with E-state index >= 15 is 0 Å². The van der Waals surface area contributed by atoms with E-state index in [1.165, 1.54) is 36.8 Å². The van der Waals surface area contributed by atoms with Crippen LogP contribution in [-0.2, 0) is 0 Å².